The van der Waals surface area contributed by atoms with Gasteiger partial charge >= 0.3 is 12.0 Å². The van der Waals surface area contributed by atoms with Gasteiger partial charge in [-0.05, 0) is 26.7 Å². The Bertz CT molecular complexity index is 364. The van der Waals surface area contributed by atoms with E-state index in [2.05, 4.69) is 0 Å². The number of urea groups is 1. The van der Waals surface area contributed by atoms with Crippen molar-refractivity contribution in [2.24, 2.45) is 5.41 Å². The number of hydrogen-bond acceptors (Lipinski definition) is 3. The van der Waals surface area contributed by atoms with Crippen LogP contribution in [0.5, 0.6) is 0 Å². The number of nitrogens with zero attached hydrogens (tertiary/aromatic N) is 2. The zero-order chi connectivity index (χ0) is 14.0. The number of piperidine rings is 1. The predicted octanol–water partition coefficient (Wildman–Crippen LogP) is 1.01. The van der Waals surface area contributed by atoms with E-state index in [-0.39, 0.29) is 12.1 Å². The number of carboxylic acids is 1. The molecule has 0 aliphatic carbocycles. The van der Waals surface area contributed by atoms with Gasteiger partial charge in [-0.3, -0.25) is 4.79 Å². The third-order valence-electron chi connectivity index (χ3n) is 4.27. The lowest BCUT2D eigenvalue weighted by molar-refractivity contribution is -0.150. The molecular weight excluding hydrogens is 248 g/mol. The average molecular weight is 270 g/mol. The minimum absolute atomic E-state index is 0.0169. The van der Waals surface area contributed by atoms with Crippen LogP contribution in [0.3, 0.4) is 0 Å². The monoisotopic (exact) mass is 270 g/mol. The summed E-state index contributed by atoms with van der Waals surface area (Å²) in [7, 11) is 0. The van der Waals surface area contributed by atoms with Gasteiger partial charge in [0.05, 0.1) is 24.7 Å². The highest BCUT2D eigenvalue weighted by Gasteiger charge is 2.39. The first kappa shape index (κ1) is 14.1. The van der Waals surface area contributed by atoms with Gasteiger partial charge in [-0.15, -0.1) is 0 Å². The first-order chi connectivity index (χ1) is 8.94. The van der Waals surface area contributed by atoms with E-state index in [4.69, 9.17) is 4.74 Å². The summed E-state index contributed by atoms with van der Waals surface area (Å²) in [4.78, 5) is 27.2. The largest absolute Gasteiger partial charge is 0.481 e. The number of carbonyl (C=O) groups excluding carboxylic acids is 1. The number of morpholine rings is 1. The van der Waals surface area contributed by atoms with Crippen LogP contribution < -0.4 is 0 Å². The van der Waals surface area contributed by atoms with Crippen LogP contribution in [0.25, 0.3) is 0 Å². The van der Waals surface area contributed by atoms with Crippen molar-refractivity contribution >= 4 is 12.0 Å². The maximum absolute atomic E-state index is 12.4. The van der Waals surface area contributed by atoms with Gasteiger partial charge in [-0.25, -0.2) is 4.79 Å². The molecule has 2 aliphatic rings. The van der Waals surface area contributed by atoms with Crippen LogP contribution in [0.15, 0.2) is 0 Å². The van der Waals surface area contributed by atoms with E-state index in [1.165, 1.54) is 0 Å². The lowest BCUT2D eigenvalue weighted by Crippen LogP contribution is -2.55. The summed E-state index contributed by atoms with van der Waals surface area (Å²) in [5.74, 6) is -0.765. The molecule has 0 aromatic heterocycles. The van der Waals surface area contributed by atoms with Gasteiger partial charge in [0, 0.05) is 19.6 Å². The molecule has 6 nitrogen and oxygen atoms in total. The van der Waals surface area contributed by atoms with E-state index in [1.54, 1.807) is 11.8 Å². The maximum atomic E-state index is 12.4. The molecule has 0 bridgehead atoms. The smallest absolute Gasteiger partial charge is 0.320 e. The molecule has 19 heavy (non-hydrogen) atoms. The van der Waals surface area contributed by atoms with Crippen molar-refractivity contribution in [3.05, 3.63) is 0 Å². The summed E-state index contributed by atoms with van der Waals surface area (Å²) >= 11 is 0. The van der Waals surface area contributed by atoms with Gasteiger partial charge in [0.15, 0.2) is 0 Å². The molecule has 2 heterocycles. The first-order valence-electron chi connectivity index (χ1n) is 6.81. The topological polar surface area (TPSA) is 70.1 Å². The van der Waals surface area contributed by atoms with Gasteiger partial charge in [-0.1, -0.05) is 0 Å². The summed E-state index contributed by atoms with van der Waals surface area (Å²) in [5.41, 5.74) is -0.687. The van der Waals surface area contributed by atoms with E-state index in [0.717, 1.165) is 0 Å². The molecule has 2 aliphatic heterocycles. The van der Waals surface area contributed by atoms with Crippen LogP contribution in [0.1, 0.15) is 26.7 Å². The van der Waals surface area contributed by atoms with Crippen LogP contribution in [0.2, 0.25) is 0 Å². The summed E-state index contributed by atoms with van der Waals surface area (Å²) in [5, 5.41) is 9.18. The lowest BCUT2D eigenvalue weighted by atomic mass is 9.80. The summed E-state index contributed by atoms with van der Waals surface area (Å²) in [6, 6.07) is 0.109. The molecule has 2 rings (SSSR count). The highest BCUT2D eigenvalue weighted by atomic mass is 16.5. The van der Waals surface area contributed by atoms with Gasteiger partial charge in [0.2, 0.25) is 0 Å². The number of hydrogen-bond donors (Lipinski definition) is 1. The van der Waals surface area contributed by atoms with E-state index < -0.39 is 11.4 Å². The number of likely N-dealkylation sites (tertiary alicyclic amines) is 1. The van der Waals surface area contributed by atoms with Gasteiger partial charge in [0.1, 0.15) is 0 Å². The summed E-state index contributed by atoms with van der Waals surface area (Å²) in [6.07, 6.45) is 1.04. The summed E-state index contributed by atoms with van der Waals surface area (Å²) in [6.45, 7) is 6.55. The molecule has 2 amide bonds. The number of amides is 2. The van der Waals surface area contributed by atoms with Crippen molar-refractivity contribution in [1.29, 1.82) is 0 Å². The fourth-order valence-electron chi connectivity index (χ4n) is 2.60. The number of carbonyl (C=O) groups is 2. The van der Waals surface area contributed by atoms with E-state index in [1.807, 2.05) is 11.8 Å². The molecule has 2 saturated heterocycles. The Labute approximate surface area is 113 Å². The van der Waals surface area contributed by atoms with Crippen molar-refractivity contribution in [1.82, 2.24) is 9.80 Å². The van der Waals surface area contributed by atoms with Gasteiger partial charge in [0.25, 0.3) is 0 Å². The molecule has 0 aromatic rings. The number of carboxylic acid groups (broad SMARTS) is 1. The van der Waals surface area contributed by atoms with E-state index in [9.17, 15) is 14.7 Å². The third kappa shape index (κ3) is 2.83. The Morgan fingerprint density at radius 2 is 1.89 bits per heavy atom. The van der Waals surface area contributed by atoms with Crippen molar-refractivity contribution in [2.75, 3.05) is 32.8 Å². The zero-order valence-corrected chi connectivity index (χ0v) is 11.6. The molecule has 6 heteroatoms. The van der Waals surface area contributed by atoms with Crippen molar-refractivity contribution < 1.29 is 19.4 Å². The molecule has 2 fully saturated rings. The second-order valence-corrected chi connectivity index (χ2v) is 5.75. The Morgan fingerprint density at radius 3 is 2.42 bits per heavy atom. The van der Waals surface area contributed by atoms with Crippen LogP contribution in [0, 0.1) is 5.41 Å². The van der Waals surface area contributed by atoms with Crippen LogP contribution in [0.4, 0.5) is 4.79 Å². The minimum Gasteiger partial charge on any atom is -0.481 e. The number of ether oxygens (including phenoxy) is 1. The Morgan fingerprint density at radius 1 is 1.26 bits per heavy atom. The fourth-order valence-corrected chi connectivity index (χ4v) is 2.60. The van der Waals surface area contributed by atoms with Gasteiger partial charge < -0.3 is 19.6 Å². The molecule has 1 N–H and O–H groups in total. The predicted molar refractivity (Wildman–Crippen MR) is 68.9 cm³/mol. The molecule has 0 aromatic carbocycles. The average Bonchev–Trinajstić information content (AvgIpc) is 2.39. The second-order valence-electron chi connectivity index (χ2n) is 5.75. The Balaban J connectivity index is 1.94. The summed E-state index contributed by atoms with van der Waals surface area (Å²) < 4.78 is 5.32. The molecule has 1 unspecified atom stereocenters. The number of rotatable bonds is 1. The molecule has 1 atom stereocenters. The molecular formula is C13H22N2O4. The van der Waals surface area contributed by atoms with Crippen LogP contribution >= 0.6 is 0 Å². The van der Waals surface area contributed by atoms with E-state index in [0.29, 0.717) is 45.7 Å². The third-order valence-corrected chi connectivity index (χ3v) is 4.27. The van der Waals surface area contributed by atoms with Crippen molar-refractivity contribution in [2.45, 2.75) is 32.7 Å². The van der Waals surface area contributed by atoms with Crippen LogP contribution in [-0.4, -0.2) is 65.8 Å². The standard InChI is InChI=1S/C13H22N2O4/c1-10-9-19-8-7-15(10)12(18)14-5-3-13(2,4-6-14)11(16)17/h10H,3-9H2,1-2H3,(H,16,17). The molecule has 108 valence electrons. The van der Waals surface area contributed by atoms with Crippen LogP contribution in [-0.2, 0) is 9.53 Å². The minimum atomic E-state index is -0.765. The highest BCUT2D eigenvalue weighted by Crippen LogP contribution is 2.31. The van der Waals surface area contributed by atoms with Gasteiger partial charge in [-0.2, -0.15) is 0 Å². The quantitative estimate of drug-likeness (QED) is 0.772. The number of aliphatic carboxylic acids is 1. The Hall–Kier alpha value is -1.30. The normalized spacial score (nSPS) is 27.2. The molecule has 0 spiro atoms. The Kier molecular flexibility index (Phi) is 3.99. The SMILES string of the molecule is CC1COCCN1C(=O)N1CCC(C)(C(=O)O)CC1. The highest BCUT2D eigenvalue weighted by molar-refractivity contribution is 5.77. The first-order valence-corrected chi connectivity index (χ1v) is 6.81. The van der Waals surface area contributed by atoms with Crippen molar-refractivity contribution in [3.63, 3.8) is 0 Å². The lowest BCUT2D eigenvalue weighted by Gasteiger charge is -2.41. The molecule has 0 saturated carbocycles. The fraction of sp³-hybridized carbons (Fsp3) is 0.846. The van der Waals surface area contributed by atoms with Crippen molar-refractivity contribution in [3.8, 4) is 0 Å². The zero-order valence-electron chi connectivity index (χ0n) is 11.6. The maximum Gasteiger partial charge on any atom is 0.320 e. The van der Waals surface area contributed by atoms with E-state index >= 15 is 0 Å². The molecule has 0 radical (unpaired) electrons. The second kappa shape index (κ2) is 5.36.